The van der Waals surface area contributed by atoms with Crippen LogP contribution in [0.5, 0.6) is 0 Å². The summed E-state index contributed by atoms with van der Waals surface area (Å²) in [6, 6.07) is 9.92. The number of aryl methyl sites for hydroxylation is 1. The first-order chi connectivity index (χ1) is 9.20. The molecule has 1 aromatic carbocycles. The Morgan fingerprint density at radius 2 is 2.00 bits per heavy atom. The van der Waals surface area contributed by atoms with Gasteiger partial charge in [-0.1, -0.05) is 38.1 Å². The summed E-state index contributed by atoms with van der Waals surface area (Å²) in [5.74, 6) is 0.615. The zero-order valence-electron chi connectivity index (χ0n) is 12.5. The molecule has 1 aliphatic carbocycles. The van der Waals surface area contributed by atoms with Crippen LogP contribution in [0.2, 0.25) is 0 Å². The molecule has 1 aliphatic rings. The van der Waals surface area contributed by atoms with Gasteiger partial charge in [-0.25, -0.2) is 0 Å². The minimum Gasteiger partial charge on any atom is -0.380 e. The maximum absolute atomic E-state index is 5.61. The predicted octanol–water partition coefficient (Wildman–Crippen LogP) is 3.19. The summed E-state index contributed by atoms with van der Waals surface area (Å²) >= 11 is 0. The second kappa shape index (κ2) is 7.06. The van der Waals surface area contributed by atoms with Crippen molar-refractivity contribution in [2.75, 3.05) is 13.2 Å². The molecule has 0 aromatic heterocycles. The minimum absolute atomic E-state index is 0.468. The second-order valence-corrected chi connectivity index (χ2v) is 5.89. The lowest BCUT2D eigenvalue weighted by molar-refractivity contribution is 0.102. The SMILES string of the molecule is CCOCC(NC1CCc2ccccc2C1)C(C)C. The third-order valence-corrected chi connectivity index (χ3v) is 4.10. The number of hydrogen-bond acceptors (Lipinski definition) is 2. The van der Waals surface area contributed by atoms with Crippen molar-refractivity contribution in [3.8, 4) is 0 Å². The number of hydrogen-bond donors (Lipinski definition) is 1. The first-order valence-electron chi connectivity index (χ1n) is 7.61. The fourth-order valence-corrected chi connectivity index (χ4v) is 2.82. The van der Waals surface area contributed by atoms with E-state index < -0.39 is 0 Å². The third-order valence-electron chi connectivity index (χ3n) is 4.10. The first-order valence-corrected chi connectivity index (χ1v) is 7.61. The van der Waals surface area contributed by atoms with Crippen molar-refractivity contribution in [3.63, 3.8) is 0 Å². The lowest BCUT2D eigenvalue weighted by Gasteiger charge is -2.31. The average Bonchev–Trinajstić information content (AvgIpc) is 2.43. The molecule has 0 saturated heterocycles. The Labute approximate surface area is 117 Å². The van der Waals surface area contributed by atoms with Crippen molar-refractivity contribution in [3.05, 3.63) is 35.4 Å². The largest absolute Gasteiger partial charge is 0.380 e. The van der Waals surface area contributed by atoms with E-state index in [2.05, 4.69) is 50.4 Å². The van der Waals surface area contributed by atoms with Gasteiger partial charge in [-0.3, -0.25) is 0 Å². The highest BCUT2D eigenvalue weighted by Gasteiger charge is 2.22. The topological polar surface area (TPSA) is 21.3 Å². The molecule has 2 heteroatoms. The summed E-state index contributed by atoms with van der Waals surface area (Å²) in [6.45, 7) is 8.24. The normalized spacial score (nSPS) is 20.3. The fourth-order valence-electron chi connectivity index (χ4n) is 2.82. The van der Waals surface area contributed by atoms with Crippen LogP contribution in [0.15, 0.2) is 24.3 Å². The lowest BCUT2D eigenvalue weighted by atomic mass is 9.87. The van der Waals surface area contributed by atoms with Gasteiger partial charge in [0.1, 0.15) is 0 Å². The molecular weight excluding hydrogens is 234 g/mol. The summed E-state index contributed by atoms with van der Waals surface area (Å²) in [5, 5.41) is 3.81. The van der Waals surface area contributed by atoms with Crippen LogP contribution in [-0.2, 0) is 17.6 Å². The molecule has 0 spiro atoms. The van der Waals surface area contributed by atoms with Crippen molar-refractivity contribution < 1.29 is 4.74 Å². The van der Waals surface area contributed by atoms with Gasteiger partial charge in [0.25, 0.3) is 0 Å². The number of nitrogens with one attached hydrogen (secondary N) is 1. The molecular formula is C17H27NO. The predicted molar refractivity (Wildman–Crippen MR) is 80.5 cm³/mol. The van der Waals surface area contributed by atoms with Gasteiger partial charge in [0.15, 0.2) is 0 Å². The van der Waals surface area contributed by atoms with Gasteiger partial charge in [0.2, 0.25) is 0 Å². The average molecular weight is 261 g/mol. The van der Waals surface area contributed by atoms with Crippen molar-refractivity contribution in [2.45, 2.75) is 52.1 Å². The molecule has 0 heterocycles. The van der Waals surface area contributed by atoms with E-state index in [9.17, 15) is 0 Å². The molecule has 0 bridgehead atoms. The van der Waals surface area contributed by atoms with Crippen LogP contribution < -0.4 is 5.32 Å². The summed E-state index contributed by atoms with van der Waals surface area (Å²) in [5.41, 5.74) is 3.05. The van der Waals surface area contributed by atoms with Gasteiger partial charge in [-0.2, -0.15) is 0 Å². The van der Waals surface area contributed by atoms with Gasteiger partial charge in [-0.15, -0.1) is 0 Å². The van der Waals surface area contributed by atoms with E-state index in [0.717, 1.165) is 19.6 Å². The van der Waals surface area contributed by atoms with Gasteiger partial charge in [0, 0.05) is 18.7 Å². The van der Waals surface area contributed by atoms with Crippen LogP contribution in [0.25, 0.3) is 0 Å². The first kappa shape index (κ1) is 14.5. The van der Waals surface area contributed by atoms with E-state index in [1.54, 1.807) is 0 Å². The van der Waals surface area contributed by atoms with Crippen LogP contribution in [0.1, 0.15) is 38.3 Å². The highest BCUT2D eigenvalue weighted by molar-refractivity contribution is 5.30. The molecule has 1 N–H and O–H groups in total. The van der Waals surface area contributed by atoms with Crippen molar-refractivity contribution in [1.29, 1.82) is 0 Å². The monoisotopic (exact) mass is 261 g/mol. The Morgan fingerprint density at radius 1 is 1.26 bits per heavy atom. The second-order valence-electron chi connectivity index (χ2n) is 5.89. The molecule has 0 saturated carbocycles. The smallest absolute Gasteiger partial charge is 0.0622 e. The number of rotatable bonds is 6. The molecule has 2 rings (SSSR count). The summed E-state index contributed by atoms with van der Waals surface area (Å²) in [6.07, 6.45) is 3.60. The molecule has 1 aromatic rings. The third kappa shape index (κ3) is 4.05. The molecule has 2 atom stereocenters. The van der Waals surface area contributed by atoms with Crippen molar-refractivity contribution in [1.82, 2.24) is 5.32 Å². The van der Waals surface area contributed by atoms with E-state index >= 15 is 0 Å². The quantitative estimate of drug-likeness (QED) is 0.849. The van der Waals surface area contributed by atoms with E-state index in [4.69, 9.17) is 4.74 Å². The Morgan fingerprint density at radius 3 is 2.68 bits per heavy atom. The molecule has 0 aliphatic heterocycles. The van der Waals surface area contributed by atoms with Crippen LogP contribution in [0, 0.1) is 5.92 Å². The molecule has 106 valence electrons. The fraction of sp³-hybridized carbons (Fsp3) is 0.647. The van der Waals surface area contributed by atoms with Crippen LogP contribution in [-0.4, -0.2) is 25.3 Å². The molecule has 2 nitrogen and oxygen atoms in total. The maximum atomic E-state index is 5.61. The number of fused-ring (bicyclic) bond motifs is 1. The Balaban J connectivity index is 1.92. The van der Waals surface area contributed by atoms with Crippen LogP contribution in [0.4, 0.5) is 0 Å². The van der Waals surface area contributed by atoms with E-state index in [0.29, 0.717) is 18.0 Å². The Hall–Kier alpha value is -0.860. The molecule has 0 amide bonds. The van der Waals surface area contributed by atoms with Crippen LogP contribution >= 0.6 is 0 Å². The van der Waals surface area contributed by atoms with E-state index in [1.165, 1.54) is 24.0 Å². The summed E-state index contributed by atoms with van der Waals surface area (Å²) < 4.78 is 5.61. The van der Waals surface area contributed by atoms with E-state index in [1.807, 2.05) is 0 Å². The van der Waals surface area contributed by atoms with Gasteiger partial charge >= 0.3 is 0 Å². The molecule has 0 fully saturated rings. The Kier molecular flexibility index (Phi) is 5.41. The lowest BCUT2D eigenvalue weighted by Crippen LogP contribution is -2.46. The molecule has 2 unspecified atom stereocenters. The highest BCUT2D eigenvalue weighted by Crippen LogP contribution is 2.22. The van der Waals surface area contributed by atoms with Crippen molar-refractivity contribution >= 4 is 0 Å². The number of benzene rings is 1. The maximum Gasteiger partial charge on any atom is 0.0622 e. The number of ether oxygens (including phenoxy) is 1. The van der Waals surface area contributed by atoms with Crippen LogP contribution in [0.3, 0.4) is 0 Å². The minimum atomic E-state index is 0.468. The van der Waals surface area contributed by atoms with Crippen molar-refractivity contribution in [2.24, 2.45) is 5.92 Å². The molecule has 0 radical (unpaired) electrons. The van der Waals surface area contributed by atoms with E-state index in [-0.39, 0.29) is 0 Å². The highest BCUT2D eigenvalue weighted by atomic mass is 16.5. The van der Waals surface area contributed by atoms with Gasteiger partial charge < -0.3 is 10.1 Å². The van der Waals surface area contributed by atoms with Gasteiger partial charge in [0.05, 0.1) is 6.61 Å². The zero-order chi connectivity index (χ0) is 13.7. The molecule has 19 heavy (non-hydrogen) atoms. The zero-order valence-corrected chi connectivity index (χ0v) is 12.5. The summed E-state index contributed by atoms with van der Waals surface area (Å²) in [4.78, 5) is 0. The summed E-state index contributed by atoms with van der Waals surface area (Å²) in [7, 11) is 0. The Bertz CT molecular complexity index is 389. The van der Waals surface area contributed by atoms with Gasteiger partial charge in [-0.05, 0) is 43.2 Å². The standard InChI is InChI=1S/C17H27NO/c1-4-19-12-17(13(2)3)18-16-10-9-14-7-5-6-8-15(14)11-16/h5-8,13,16-18H,4,9-12H2,1-3H3.